The third-order valence-electron chi connectivity index (χ3n) is 7.36. The summed E-state index contributed by atoms with van der Waals surface area (Å²) in [4.78, 5) is 54.3. The predicted octanol–water partition coefficient (Wildman–Crippen LogP) is 4.30. The fraction of sp³-hybridized carbons (Fsp3) is 0.407. The molecule has 0 aromatic heterocycles. The van der Waals surface area contributed by atoms with E-state index in [4.69, 9.17) is 21.1 Å². The number of hydrogen-bond donors (Lipinski definition) is 0. The van der Waals surface area contributed by atoms with Gasteiger partial charge in [-0.2, -0.15) is 0 Å². The van der Waals surface area contributed by atoms with Crippen molar-refractivity contribution in [3.05, 3.63) is 47.0 Å². The van der Waals surface area contributed by atoms with Crippen molar-refractivity contribution < 1.29 is 28.7 Å². The zero-order valence-corrected chi connectivity index (χ0v) is 20.9. The summed E-state index contributed by atoms with van der Waals surface area (Å²) in [5, 5.41) is 0.453. The molecule has 3 atom stereocenters. The molecule has 0 unspecified atom stereocenters. The molecule has 9 heteroatoms. The number of esters is 1. The highest BCUT2D eigenvalue weighted by Crippen LogP contribution is 2.41. The molecule has 8 nitrogen and oxygen atoms in total. The van der Waals surface area contributed by atoms with Crippen LogP contribution in [-0.2, 0) is 19.2 Å². The van der Waals surface area contributed by atoms with Crippen LogP contribution in [0.2, 0.25) is 5.02 Å². The van der Waals surface area contributed by atoms with Crippen molar-refractivity contribution in [2.24, 2.45) is 17.8 Å². The Bertz CT molecular complexity index is 1240. The molecule has 5 rings (SSSR count). The van der Waals surface area contributed by atoms with E-state index >= 15 is 0 Å². The summed E-state index contributed by atoms with van der Waals surface area (Å²) in [5.74, 6) is -1.38. The van der Waals surface area contributed by atoms with Crippen molar-refractivity contribution in [3.63, 3.8) is 0 Å². The average Bonchev–Trinajstić information content (AvgIpc) is 3.37. The molecule has 2 heterocycles. The molecule has 2 aliphatic heterocycles. The van der Waals surface area contributed by atoms with Gasteiger partial charge >= 0.3 is 5.97 Å². The van der Waals surface area contributed by atoms with Gasteiger partial charge in [0, 0.05) is 18.0 Å². The lowest BCUT2D eigenvalue weighted by Crippen LogP contribution is -2.31. The van der Waals surface area contributed by atoms with Gasteiger partial charge in [0.05, 0.1) is 36.2 Å². The van der Waals surface area contributed by atoms with Crippen LogP contribution in [0.1, 0.15) is 37.7 Å². The van der Waals surface area contributed by atoms with Gasteiger partial charge in [-0.3, -0.25) is 19.2 Å². The van der Waals surface area contributed by atoms with Gasteiger partial charge in [-0.25, -0.2) is 4.90 Å². The van der Waals surface area contributed by atoms with Crippen molar-refractivity contribution in [3.8, 4) is 11.5 Å². The van der Waals surface area contributed by atoms with Crippen LogP contribution in [0.25, 0.3) is 0 Å². The number of methoxy groups -OCH3 is 1. The molecule has 36 heavy (non-hydrogen) atoms. The number of carbonyl (C=O) groups excluding carboxylic acids is 4. The Morgan fingerprint density at radius 3 is 2.31 bits per heavy atom. The van der Waals surface area contributed by atoms with Gasteiger partial charge in [0.25, 0.3) is 0 Å². The highest BCUT2D eigenvalue weighted by atomic mass is 35.5. The molecule has 3 aliphatic rings. The molecule has 2 aromatic rings. The van der Waals surface area contributed by atoms with E-state index in [2.05, 4.69) is 0 Å². The Balaban J connectivity index is 1.29. The van der Waals surface area contributed by atoms with Gasteiger partial charge in [0.1, 0.15) is 11.5 Å². The molecule has 2 aromatic carbocycles. The van der Waals surface area contributed by atoms with E-state index in [1.54, 1.807) is 43.3 Å². The Labute approximate surface area is 214 Å². The quantitative estimate of drug-likeness (QED) is 0.338. The number of ether oxygens (including phenoxy) is 2. The van der Waals surface area contributed by atoms with Crippen LogP contribution >= 0.6 is 11.6 Å². The van der Waals surface area contributed by atoms with Crippen molar-refractivity contribution in [2.45, 2.75) is 39.0 Å². The van der Waals surface area contributed by atoms with Gasteiger partial charge in [-0.05, 0) is 61.7 Å². The maximum atomic E-state index is 13.0. The fourth-order valence-electron chi connectivity index (χ4n) is 5.51. The van der Waals surface area contributed by atoms with E-state index in [0.717, 1.165) is 25.7 Å². The predicted molar refractivity (Wildman–Crippen MR) is 133 cm³/mol. The summed E-state index contributed by atoms with van der Waals surface area (Å²) in [7, 11) is 1.50. The SMILES string of the molecule is COc1ccc(Cl)cc1N1C[C@H](C(=O)Oc2ccc(N3C(=O)[C@@H]4CCCC[C@H]4C3=O)c(C)c2)CC1=O. The molecular weight excluding hydrogens is 484 g/mol. The van der Waals surface area contributed by atoms with Crippen LogP contribution in [0.3, 0.4) is 0 Å². The molecule has 188 valence electrons. The number of anilines is 2. The number of rotatable bonds is 5. The van der Waals surface area contributed by atoms with Gasteiger partial charge in [0.15, 0.2) is 0 Å². The van der Waals surface area contributed by atoms with Gasteiger partial charge in [-0.1, -0.05) is 24.4 Å². The lowest BCUT2D eigenvalue weighted by molar-refractivity contribution is -0.139. The third kappa shape index (κ3) is 4.23. The summed E-state index contributed by atoms with van der Waals surface area (Å²) in [6, 6.07) is 9.84. The molecule has 3 amide bonds. The van der Waals surface area contributed by atoms with E-state index < -0.39 is 11.9 Å². The monoisotopic (exact) mass is 510 g/mol. The third-order valence-corrected chi connectivity index (χ3v) is 7.59. The second-order valence-corrected chi connectivity index (χ2v) is 10.0. The van der Waals surface area contributed by atoms with Crippen LogP contribution < -0.4 is 19.3 Å². The molecular formula is C27H27ClN2O6. The van der Waals surface area contributed by atoms with Crippen LogP contribution in [0.4, 0.5) is 11.4 Å². The summed E-state index contributed by atoms with van der Waals surface area (Å²) in [6.45, 7) is 1.92. The molecule has 0 N–H and O–H groups in total. The van der Waals surface area contributed by atoms with E-state index in [1.807, 2.05) is 0 Å². The van der Waals surface area contributed by atoms with Crippen LogP contribution in [0.5, 0.6) is 11.5 Å². The molecule has 2 saturated heterocycles. The topological polar surface area (TPSA) is 93.2 Å². The number of halogens is 1. The number of fused-ring (bicyclic) bond motifs is 1. The van der Waals surface area contributed by atoms with Crippen molar-refractivity contribution in [1.82, 2.24) is 0 Å². The highest BCUT2D eigenvalue weighted by molar-refractivity contribution is 6.31. The second-order valence-electron chi connectivity index (χ2n) is 9.60. The average molecular weight is 511 g/mol. The second kappa shape index (κ2) is 9.58. The first-order valence-electron chi connectivity index (χ1n) is 12.1. The maximum absolute atomic E-state index is 13.0. The Morgan fingerprint density at radius 1 is 0.972 bits per heavy atom. The van der Waals surface area contributed by atoms with Gasteiger partial charge in [-0.15, -0.1) is 0 Å². The summed E-state index contributed by atoms with van der Waals surface area (Å²) in [6.07, 6.45) is 3.43. The molecule has 0 spiro atoms. The van der Waals surface area contributed by atoms with Gasteiger partial charge < -0.3 is 14.4 Å². The first-order chi connectivity index (χ1) is 17.3. The highest BCUT2D eigenvalue weighted by Gasteiger charge is 2.49. The Morgan fingerprint density at radius 2 is 1.67 bits per heavy atom. The van der Waals surface area contributed by atoms with Crippen molar-refractivity contribution in [2.75, 3.05) is 23.5 Å². The molecule has 1 aliphatic carbocycles. The number of imide groups is 1. The fourth-order valence-corrected chi connectivity index (χ4v) is 5.68. The number of benzene rings is 2. The number of carbonyl (C=O) groups is 4. The van der Waals surface area contributed by atoms with Crippen LogP contribution in [0, 0.1) is 24.7 Å². The standard InChI is InChI=1S/C27H27ClN2O6/c1-15-11-18(8-9-21(15)30-25(32)19-5-3-4-6-20(19)26(30)33)36-27(34)16-12-24(31)29(14-16)22-13-17(28)7-10-23(22)35-2/h7-11,13,16,19-20H,3-6,12,14H2,1-2H3/t16-,19-,20-/m1/s1. The van der Waals surface area contributed by atoms with E-state index in [0.29, 0.717) is 33.5 Å². The zero-order chi connectivity index (χ0) is 25.6. The van der Waals surface area contributed by atoms with E-state index in [1.165, 1.54) is 16.9 Å². The van der Waals surface area contributed by atoms with Crippen molar-refractivity contribution in [1.29, 1.82) is 0 Å². The Hall–Kier alpha value is -3.39. The minimum Gasteiger partial charge on any atom is -0.495 e. The molecule has 0 bridgehead atoms. The van der Waals surface area contributed by atoms with Crippen LogP contribution in [-0.4, -0.2) is 37.3 Å². The molecule has 0 radical (unpaired) electrons. The zero-order valence-electron chi connectivity index (χ0n) is 20.2. The number of aryl methyl sites for hydroxylation is 1. The van der Waals surface area contributed by atoms with E-state index in [9.17, 15) is 19.2 Å². The van der Waals surface area contributed by atoms with Crippen LogP contribution in [0.15, 0.2) is 36.4 Å². The molecule has 1 saturated carbocycles. The van der Waals surface area contributed by atoms with Gasteiger partial charge in [0.2, 0.25) is 17.7 Å². The number of hydrogen-bond acceptors (Lipinski definition) is 6. The maximum Gasteiger partial charge on any atom is 0.316 e. The minimum atomic E-state index is -0.661. The summed E-state index contributed by atoms with van der Waals surface area (Å²) >= 11 is 6.10. The van der Waals surface area contributed by atoms with Crippen molar-refractivity contribution >= 4 is 46.7 Å². The largest absolute Gasteiger partial charge is 0.495 e. The first kappa shape index (κ1) is 24.3. The summed E-state index contributed by atoms with van der Waals surface area (Å²) in [5.41, 5.74) is 1.69. The lowest BCUT2D eigenvalue weighted by atomic mass is 9.81. The van der Waals surface area contributed by atoms with E-state index in [-0.39, 0.29) is 42.5 Å². The lowest BCUT2D eigenvalue weighted by Gasteiger charge is -2.20. The normalized spacial score (nSPS) is 23.8. The first-order valence-corrected chi connectivity index (χ1v) is 12.5. The smallest absolute Gasteiger partial charge is 0.316 e. The summed E-state index contributed by atoms with van der Waals surface area (Å²) < 4.78 is 10.9. The molecule has 3 fully saturated rings. The Kier molecular flexibility index (Phi) is 6.47. The minimum absolute atomic E-state index is 0.00508. The number of nitrogens with zero attached hydrogens (tertiary/aromatic N) is 2. The number of amides is 3.